The second-order valence-corrected chi connectivity index (χ2v) is 9.58. The van der Waals surface area contributed by atoms with Crippen molar-refractivity contribution in [2.24, 2.45) is 11.7 Å². The number of carboxylic acid groups (broad SMARTS) is 1. The standard InChI is InChI=1S/C25H26ClF3N6O3/c1-13-8-9-35(34-13)20-11-16(26)6-7-17(20)22(25(27,28)29)38-21-12-19(32-24(31)33-21)15-4-2-14(3-5-15)10-18(30)23(36)37/h4,6-9,11-12,14,18,22H,2-3,5,10,30H2,1H3,(H,36,37)(H2,31,32,33)/t14-,18+,22-/m1/s1. The van der Waals surface area contributed by atoms with E-state index in [0.29, 0.717) is 37.1 Å². The zero-order valence-corrected chi connectivity index (χ0v) is 21.1. The van der Waals surface area contributed by atoms with Gasteiger partial charge in [0.25, 0.3) is 0 Å². The zero-order chi connectivity index (χ0) is 27.6. The first kappa shape index (κ1) is 27.4. The van der Waals surface area contributed by atoms with Gasteiger partial charge < -0.3 is 21.3 Å². The minimum Gasteiger partial charge on any atom is -0.480 e. The molecule has 9 nitrogen and oxygen atoms in total. The Balaban J connectivity index is 1.63. The van der Waals surface area contributed by atoms with Crippen LogP contribution in [0.5, 0.6) is 5.88 Å². The van der Waals surface area contributed by atoms with E-state index in [2.05, 4.69) is 15.1 Å². The van der Waals surface area contributed by atoms with Crippen LogP contribution >= 0.6 is 11.6 Å². The molecule has 0 amide bonds. The van der Waals surface area contributed by atoms with E-state index in [1.54, 1.807) is 13.0 Å². The number of benzene rings is 1. The fourth-order valence-corrected chi connectivity index (χ4v) is 4.54. The van der Waals surface area contributed by atoms with Gasteiger partial charge >= 0.3 is 12.1 Å². The first-order valence-corrected chi connectivity index (χ1v) is 12.2. The van der Waals surface area contributed by atoms with Gasteiger partial charge in [-0.25, -0.2) is 9.67 Å². The van der Waals surface area contributed by atoms with Gasteiger partial charge in [-0.15, -0.1) is 0 Å². The molecule has 0 saturated carbocycles. The Labute approximate surface area is 221 Å². The largest absolute Gasteiger partial charge is 0.480 e. The van der Waals surface area contributed by atoms with Crippen LogP contribution < -0.4 is 16.2 Å². The molecule has 5 N–H and O–H groups in total. The van der Waals surface area contributed by atoms with Crippen molar-refractivity contribution in [2.75, 3.05) is 5.73 Å². The molecule has 38 heavy (non-hydrogen) atoms. The van der Waals surface area contributed by atoms with Crippen molar-refractivity contribution in [3.63, 3.8) is 0 Å². The highest BCUT2D eigenvalue weighted by Gasteiger charge is 2.45. The lowest BCUT2D eigenvalue weighted by Crippen LogP contribution is -2.32. The van der Waals surface area contributed by atoms with Gasteiger partial charge in [0.1, 0.15) is 6.04 Å². The number of aryl methyl sites for hydroxylation is 1. The van der Waals surface area contributed by atoms with Gasteiger partial charge in [0.15, 0.2) is 0 Å². The number of aromatic nitrogens is 4. The topological polar surface area (TPSA) is 142 Å². The molecule has 4 rings (SSSR count). The number of nitrogen functional groups attached to an aromatic ring is 1. The predicted octanol–water partition coefficient (Wildman–Crippen LogP) is 4.87. The molecule has 1 aliphatic rings. The summed E-state index contributed by atoms with van der Waals surface area (Å²) in [6.07, 6.45) is -1.76. The van der Waals surface area contributed by atoms with Crippen molar-refractivity contribution in [3.05, 3.63) is 64.6 Å². The smallest absolute Gasteiger partial charge is 0.429 e. The van der Waals surface area contributed by atoms with E-state index in [0.717, 1.165) is 5.57 Å². The number of nitrogens with zero attached hydrogens (tertiary/aromatic N) is 4. The number of ether oxygens (including phenoxy) is 1. The second kappa shape index (κ2) is 11.0. The Kier molecular flexibility index (Phi) is 7.93. The lowest BCUT2D eigenvalue weighted by molar-refractivity contribution is -0.198. The molecule has 0 radical (unpaired) electrons. The lowest BCUT2D eigenvalue weighted by atomic mass is 9.84. The molecule has 0 fully saturated rings. The van der Waals surface area contributed by atoms with Crippen molar-refractivity contribution in [1.29, 1.82) is 0 Å². The summed E-state index contributed by atoms with van der Waals surface area (Å²) in [6.45, 7) is 1.71. The third-order valence-corrected chi connectivity index (χ3v) is 6.49. The maximum absolute atomic E-state index is 14.3. The van der Waals surface area contributed by atoms with Crippen LogP contribution in [0, 0.1) is 12.8 Å². The van der Waals surface area contributed by atoms with Gasteiger partial charge in [0.2, 0.25) is 17.9 Å². The Morgan fingerprint density at radius 3 is 2.66 bits per heavy atom. The van der Waals surface area contributed by atoms with Crippen LogP contribution in [0.1, 0.15) is 48.7 Å². The van der Waals surface area contributed by atoms with E-state index < -0.39 is 24.3 Å². The van der Waals surface area contributed by atoms with Gasteiger partial charge in [0, 0.05) is 22.8 Å². The third kappa shape index (κ3) is 6.43. The number of aliphatic carboxylic acids is 1. The Bertz CT molecular complexity index is 1360. The molecule has 1 aromatic carbocycles. The van der Waals surface area contributed by atoms with Crippen LogP contribution in [0.2, 0.25) is 5.02 Å². The molecule has 0 aliphatic heterocycles. The quantitative estimate of drug-likeness (QED) is 0.360. The van der Waals surface area contributed by atoms with Gasteiger partial charge in [-0.05, 0) is 62.3 Å². The van der Waals surface area contributed by atoms with Crippen molar-refractivity contribution >= 4 is 29.1 Å². The molecule has 3 aromatic rings. The molecule has 0 unspecified atom stereocenters. The van der Waals surface area contributed by atoms with Crippen molar-refractivity contribution in [3.8, 4) is 11.6 Å². The third-order valence-electron chi connectivity index (χ3n) is 6.25. The molecule has 0 saturated heterocycles. The molecule has 0 bridgehead atoms. The number of carboxylic acids is 1. The number of alkyl halides is 3. The SMILES string of the molecule is Cc1ccn(-c2cc(Cl)ccc2[C@@H](Oc2cc(C3=CC[C@@H](C[C@H](N)C(=O)O)CC3)nc(N)n2)C(F)(F)F)n1. The maximum Gasteiger partial charge on any atom is 0.429 e. The van der Waals surface area contributed by atoms with E-state index in [-0.39, 0.29) is 34.0 Å². The molecular formula is C25H26ClF3N6O3. The van der Waals surface area contributed by atoms with Gasteiger partial charge in [-0.1, -0.05) is 23.7 Å². The lowest BCUT2D eigenvalue weighted by Gasteiger charge is -2.25. The molecule has 2 aromatic heterocycles. The number of rotatable bonds is 8. The van der Waals surface area contributed by atoms with Crippen molar-refractivity contribution in [2.45, 2.75) is 50.9 Å². The van der Waals surface area contributed by atoms with Gasteiger partial charge in [-0.3, -0.25) is 4.79 Å². The number of anilines is 1. The highest BCUT2D eigenvalue weighted by molar-refractivity contribution is 6.30. The summed E-state index contributed by atoms with van der Waals surface area (Å²) in [7, 11) is 0. The molecule has 2 heterocycles. The Morgan fingerprint density at radius 2 is 2.05 bits per heavy atom. The first-order chi connectivity index (χ1) is 17.9. The van der Waals surface area contributed by atoms with Gasteiger partial charge in [-0.2, -0.15) is 23.3 Å². The van der Waals surface area contributed by atoms with E-state index in [9.17, 15) is 18.0 Å². The van der Waals surface area contributed by atoms with Crippen molar-refractivity contribution < 1.29 is 27.8 Å². The molecule has 1 aliphatic carbocycles. The molecule has 3 atom stereocenters. The fraction of sp³-hybridized carbons (Fsp3) is 0.360. The number of halogens is 4. The van der Waals surface area contributed by atoms with Crippen LogP contribution in [0.4, 0.5) is 19.1 Å². The summed E-state index contributed by atoms with van der Waals surface area (Å²) in [5.74, 6) is -1.57. The highest BCUT2D eigenvalue weighted by Crippen LogP contribution is 2.40. The normalized spacial score (nSPS) is 17.5. The average Bonchev–Trinajstić information content (AvgIpc) is 3.28. The summed E-state index contributed by atoms with van der Waals surface area (Å²) in [5, 5.41) is 13.5. The number of allylic oxidation sites excluding steroid dienone is 2. The fourth-order valence-electron chi connectivity index (χ4n) is 4.38. The molecule has 0 spiro atoms. The molecular weight excluding hydrogens is 525 g/mol. The Morgan fingerprint density at radius 1 is 1.29 bits per heavy atom. The van der Waals surface area contributed by atoms with E-state index in [1.165, 1.54) is 35.1 Å². The highest BCUT2D eigenvalue weighted by atomic mass is 35.5. The monoisotopic (exact) mass is 550 g/mol. The number of hydrogen-bond donors (Lipinski definition) is 3. The first-order valence-electron chi connectivity index (χ1n) is 11.8. The van der Waals surface area contributed by atoms with Crippen LogP contribution in [0.15, 0.2) is 42.6 Å². The number of nitrogens with two attached hydrogens (primary N) is 2. The van der Waals surface area contributed by atoms with Gasteiger partial charge in [0.05, 0.1) is 17.1 Å². The summed E-state index contributed by atoms with van der Waals surface area (Å²) < 4.78 is 49.7. The zero-order valence-electron chi connectivity index (χ0n) is 20.3. The minimum absolute atomic E-state index is 0.0728. The average molecular weight is 551 g/mol. The predicted molar refractivity (Wildman–Crippen MR) is 135 cm³/mol. The van der Waals surface area contributed by atoms with Crippen LogP contribution in [-0.2, 0) is 4.79 Å². The number of hydrogen-bond acceptors (Lipinski definition) is 7. The van der Waals surface area contributed by atoms with Crippen LogP contribution in [0.25, 0.3) is 11.3 Å². The molecule has 202 valence electrons. The van der Waals surface area contributed by atoms with E-state index in [4.69, 9.17) is 32.9 Å². The molecule has 13 heteroatoms. The van der Waals surface area contributed by atoms with E-state index in [1.807, 2.05) is 6.08 Å². The summed E-state index contributed by atoms with van der Waals surface area (Å²) in [6, 6.07) is 5.99. The van der Waals surface area contributed by atoms with Crippen LogP contribution in [0.3, 0.4) is 0 Å². The van der Waals surface area contributed by atoms with Crippen LogP contribution in [-0.4, -0.2) is 43.0 Å². The maximum atomic E-state index is 14.3. The minimum atomic E-state index is -4.81. The van der Waals surface area contributed by atoms with Crippen molar-refractivity contribution in [1.82, 2.24) is 19.7 Å². The second-order valence-electron chi connectivity index (χ2n) is 9.14. The summed E-state index contributed by atoms with van der Waals surface area (Å²) in [4.78, 5) is 19.1. The summed E-state index contributed by atoms with van der Waals surface area (Å²) in [5.41, 5.74) is 13.1. The number of carbonyl (C=O) groups is 1. The van der Waals surface area contributed by atoms with E-state index >= 15 is 0 Å². The summed E-state index contributed by atoms with van der Waals surface area (Å²) >= 11 is 6.09. The Hall–Kier alpha value is -3.64.